The number of sulfone groups is 1. The van der Waals surface area contributed by atoms with Gasteiger partial charge in [0.15, 0.2) is 15.0 Å². The summed E-state index contributed by atoms with van der Waals surface area (Å²) >= 11 is 1.58. The van der Waals surface area contributed by atoms with Crippen molar-refractivity contribution in [2.45, 2.75) is 31.7 Å². The molecule has 0 amide bonds. The highest BCUT2D eigenvalue weighted by Gasteiger charge is 2.47. The number of nitrogens with zero attached hydrogens (tertiary/aromatic N) is 2. The number of amidine groups is 1. The van der Waals surface area contributed by atoms with Crippen LogP contribution in [-0.4, -0.2) is 37.2 Å². The SMILES string of the molecule is Cc1ccc(C)c(N2C(SCc3ccc(F)cc3)=N[C@@H]3CS(=O)(=O)C[C@H]32)c1. The Bertz CT molecular complexity index is 1000. The zero-order valence-electron chi connectivity index (χ0n) is 15.2. The molecule has 2 aromatic rings. The molecule has 0 aliphatic carbocycles. The van der Waals surface area contributed by atoms with Crippen molar-refractivity contribution in [2.24, 2.45) is 4.99 Å². The lowest BCUT2D eigenvalue weighted by Gasteiger charge is -2.28. The van der Waals surface area contributed by atoms with E-state index in [1.54, 1.807) is 23.9 Å². The van der Waals surface area contributed by atoms with Crippen molar-refractivity contribution in [2.75, 3.05) is 16.4 Å². The molecule has 2 aliphatic rings. The van der Waals surface area contributed by atoms with Gasteiger partial charge in [-0.1, -0.05) is 36.0 Å². The number of halogens is 1. The van der Waals surface area contributed by atoms with Crippen molar-refractivity contribution in [3.8, 4) is 0 Å². The number of aryl methyl sites for hydroxylation is 2. The molecule has 7 heteroatoms. The molecule has 0 unspecified atom stereocenters. The highest BCUT2D eigenvalue weighted by molar-refractivity contribution is 8.13. The molecule has 0 radical (unpaired) electrons. The number of rotatable bonds is 3. The van der Waals surface area contributed by atoms with Gasteiger partial charge in [0.2, 0.25) is 0 Å². The molecule has 0 saturated carbocycles. The quantitative estimate of drug-likeness (QED) is 0.782. The maximum atomic E-state index is 13.1. The van der Waals surface area contributed by atoms with E-state index >= 15 is 0 Å². The number of fused-ring (bicyclic) bond motifs is 1. The lowest BCUT2D eigenvalue weighted by Crippen LogP contribution is -2.39. The number of thioether (sulfide) groups is 1. The largest absolute Gasteiger partial charge is 0.315 e. The third-order valence-electron chi connectivity index (χ3n) is 5.01. The van der Waals surface area contributed by atoms with E-state index in [9.17, 15) is 12.8 Å². The Morgan fingerprint density at radius 1 is 1.15 bits per heavy atom. The minimum atomic E-state index is -3.06. The lowest BCUT2D eigenvalue weighted by atomic mass is 10.1. The maximum absolute atomic E-state index is 13.1. The van der Waals surface area contributed by atoms with Gasteiger partial charge in [0.1, 0.15) is 5.82 Å². The van der Waals surface area contributed by atoms with Gasteiger partial charge in [-0.3, -0.25) is 4.99 Å². The average molecular weight is 405 g/mol. The van der Waals surface area contributed by atoms with E-state index in [2.05, 4.69) is 23.1 Å². The van der Waals surface area contributed by atoms with Crippen molar-refractivity contribution in [1.29, 1.82) is 0 Å². The zero-order valence-corrected chi connectivity index (χ0v) is 16.9. The Morgan fingerprint density at radius 3 is 2.63 bits per heavy atom. The summed E-state index contributed by atoms with van der Waals surface area (Å²) in [5, 5.41) is 0.845. The van der Waals surface area contributed by atoms with Gasteiger partial charge in [0.25, 0.3) is 0 Å². The Balaban J connectivity index is 1.65. The summed E-state index contributed by atoms with van der Waals surface area (Å²) in [5.41, 5.74) is 4.25. The van der Waals surface area contributed by atoms with Crippen molar-refractivity contribution < 1.29 is 12.8 Å². The van der Waals surface area contributed by atoms with Crippen molar-refractivity contribution in [3.05, 3.63) is 65.0 Å². The number of anilines is 1. The Kier molecular flexibility index (Phi) is 4.76. The van der Waals surface area contributed by atoms with E-state index in [1.807, 2.05) is 13.8 Å². The average Bonchev–Trinajstić information content (AvgIpc) is 3.08. The van der Waals surface area contributed by atoms with E-state index < -0.39 is 9.84 Å². The fourth-order valence-electron chi connectivity index (χ4n) is 3.62. The molecule has 0 spiro atoms. The number of hydrogen-bond acceptors (Lipinski definition) is 5. The predicted molar refractivity (Wildman–Crippen MR) is 110 cm³/mol. The van der Waals surface area contributed by atoms with Crippen LogP contribution >= 0.6 is 11.8 Å². The molecule has 0 bridgehead atoms. The van der Waals surface area contributed by atoms with Crippen LogP contribution in [0.3, 0.4) is 0 Å². The van der Waals surface area contributed by atoms with Crippen LogP contribution in [0.15, 0.2) is 47.5 Å². The standard InChI is InChI=1S/C20H21FN2O2S2/c1-13-3-4-14(2)18(9-13)23-19-12-27(24,25)11-17(19)22-20(23)26-10-15-5-7-16(21)8-6-15/h3-9,17,19H,10-12H2,1-2H3/t17-,19-/m1/s1. The second-order valence-corrected chi connectivity index (χ2v) is 10.3. The molecule has 2 atom stereocenters. The van der Waals surface area contributed by atoms with Crippen molar-refractivity contribution in [1.82, 2.24) is 0 Å². The molecule has 2 heterocycles. The van der Waals surface area contributed by atoms with Gasteiger partial charge in [-0.15, -0.1) is 0 Å². The van der Waals surface area contributed by atoms with E-state index in [4.69, 9.17) is 4.99 Å². The van der Waals surface area contributed by atoms with Gasteiger partial charge in [-0.25, -0.2) is 12.8 Å². The fraction of sp³-hybridized carbons (Fsp3) is 0.350. The molecule has 1 fully saturated rings. The van der Waals surface area contributed by atoms with Crippen molar-refractivity contribution >= 4 is 32.5 Å². The minimum absolute atomic E-state index is 0.111. The molecular weight excluding hydrogens is 383 g/mol. The molecular formula is C20H21FN2O2S2. The first kappa shape index (κ1) is 18.5. The topological polar surface area (TPSA) is 49.7 Å². The first-order valence-corrected chi connectivity index (χ1v) is 11.6. The summed E-state index contributed by atoms with van der Waals surface area (Å²) in [6.45, 7) is 4.07. The number of benzene rings is 2. The van der Waals surface area contributed by atoms with Crippen LogP contribution < -0.4 is 4.90 Å². The predicted octanol–water partition coefficient (Wildman–Crippen LogP) is 3.72. The smallest absolute Gasteiger partial charge is 0.164 e. The van der Waals surface area contributed by atoms with Crippen LogP contribution in [0.1, 0.15) is 16.7 Å². The second kappa shape index (κ2) is 6.95. The van der Waals surface area contributed by atoms with Gasteiger partial charge < -0.3 is 4.90 Å². The van der Waals surface area contributed by atoms with Crippen LogP contribution in [0.4, 0.5) is 10.1 Å². The van der Waals surface area contributed by atoms with Gasteiger partial charge in [-0.05, 0) is 48.7 Å². The van der Waals surface area contributed by atoms with E-state index in [0.29, 0.717) is 5.75 Å². The maximum Gasteiger partial charge on any atom is 0.164 e. The van der Waals surface area contributed by atoms with Crippen LogP contribution in [0, 0.1) is 19.7 Å². The number of hydrogen-bond donors (Lipinski definition) is 0. The van der Waals surface area contributed by atoms with Crippen LogP contribution in [0.25, 0.3) is 0 Å². The van der Waals surface area contributed by atoms with Crippen LogP contribution in [0.2, 0.25) is 0 Å². The normalized spacial score (nSPS) is 23.4. The van der Waals surface area contributed by atoms with Crippen LogP contribution in [-0.2, 0) is 15.6 Å². The highest BCUT2D eigenvalue weighted by atomic mass is 32.2. The summed E-state index contributed by atoms with van der Waals surface area (Å²) in [4.78, 5) is 6.86. The van der Waals surface area contributed by atoms with Gasteiger partial charge >= 0.3 is 0 Å². The summed E-state index contributed by atoms with van der Waals surface area (Å²) < 4.78 is 37.4. The molecule has 142 valence electrons. The molecule has 0 N–H and O–H groups in total. The molecule has 2 aromatic carbocycles. The van der Waals surface area contributed by atoms with Gasteiger partial charge in [0.05, 0.1) is 23.6 Å². The molecule has 0 aromatic heterocycles. The number of aliphatic imine (C=N–C) groups is 1. The van der Waals surface area contributed by atoms with Gasteiger partial charge in [-0.2, -0.15) is 0 Å². The first-order valence-electron chi connectivity index (χ1n) is 8.84. The first-order chi connectivity index (χ1) is 12.8. The Morgan fingerprint density at radius 2 is 1.89 bits per heavy atom. The third kappa shape index (κ3) is 3.75. The monoisotopic (exact) mass is 404 g/mol. The Hall–Kier alpha value is -1.86. The van der Waals surface area contributed by atoms with E-state index in [-0.39, 0.29) is 29.4 Å². The van der Waals surface area contributed by atoms with E-state index in [1.165, 1.54) is 12.1 Å². The lowest BCUT2D eigenvalue weighted by molar-refractivity contribution is 0.601. The van der Waals surface area contributed by atoms with Crippen LogP contribution in [0.5, 0.6) is 0 Å². The van der Waals surface area contributed by atoms with Crippen molar-refractivity contribution in [3.63, 3.8) is 0 Å². The summed E-state index contributed by atoms with van der Waals surface area (Å²) in [7, 11) is -3.06. The van der Waals surface area contributed by atoms with Gasteiger partial charge in [0, 0.05) is 11.4 Å². The zero-order chi connectivity index (χ0) is 19.2. The minimum Gasteiger partial charge on any atom is -0.315 e. The Labute approximate surface area is 163 Å². The highest BCUT2D eigenvalue weighted by Crippen LogP contribution is 2.37. The molecule has 1 saturated heterocycles. The third-order valence-corrected chi connectivity index (χ3v) is 7.75. The summed E-state index contributed by atoms with van der Waals surface area (Å²) in [6, 6.07) is 12.3. The molecule has 4 nitrogen and oxygen atoms in total. The summed E-state index contributed by atoms with van der Waals surface area (Å²) in [6.07, 6.45) is 0. The molecule has 4 rings (SSSR count). The molecule has 27 heavy (non-hydrogen) atoms. The summed E-state index contributed by atoms with van der Waals surface area (Å²) in [5.74, 6) is 0.653. The fourth-order valence-corrected chi connectivity index (χ4v) is 6.54. The second-order valence-electron chi connectivity index (χ2n) is 7.20. The molecule has 2 aliphatic heterocycles. The van der Waals surface area contributed by atoms with E-state index in [0.717, 1.165) is 27.5 Å².